The largest absolute Gasteiger partial charge is 0.378 e. The Hall–Kier alpha value is -4.33. The van der Waals surface area contributed by atoms with Crippen LogP contribution >= 0.6 is 0 Å². The molecule has 13 nitrogen and oxygen atoms in total. The minimum atomic E-state index is -0.371. The number of ether oxygens (including phenoxy) is 1. The molecule has 13 heteroatoms. The fourth-order valence-electron chi connectivity index (χ4n) is 5.72. The van der Waals surface area contributed by atoms with Crippen LogP contribution < -0.4 is 25.8 Å². The topological polar surface area (TPSA) is 131 Å². The van der Waals surface area contributed by atoms with E-state index in [1.54, 1.807) is 24.3 Å². The third-order valence-corrected chi connectivity index (χ3v) is 8.43. The zero-order valence-corrected chi connectivity index (χ0v) is 25.9. The number of hydrogen-bond acceptors (Lipinski definition) is 10. The van der Waals surface area contributed by atoms with Gasteiger partial charge in [0.1, 0.15) is 0 Å². The monoisotopic (exact) mass is 614 g/mol. The Labute approximate surface area is 264 Å². The van der Waals surface area contributed by atoms with Gasteiger partial charge in [0, 0.05) is 81.4 Å². The van der Waals surface area contributed by atoms with E-state index in [0.717, 1.165) is 84.0 Å². The van der Waals surface area contributed by atoms with Crippen molar-refractivity contribution in [3.05, 3.63) is 54.1 Å². The lowest BCUT2D eigenvalue weighted by Gasteiger charge is -2.34. The minimum absolute atomic E-state index is 0.0210. The lowest BCUT2D eigenvalue weighted by molar-refractivity contribution is 0.0643. The van der Waals surface area contributed by atoms with Crippen LogP contribution in [0.25, 0.3) is 11.4 Å². The first-order valence-electron chi connectivity index (χ1n) is 15.9. The average Bonchev–Trinajstić information content (AvgIpc) is 3.39. The van der Waals surface area contributed by atoms with Gasteiger partial charge in [-0.2, -0.15) is 15.0 Å². The second kappa shape index (κ2) is 14.6. The quantitative estimate of drug-likeness (QED) is 0.365. The highest BCUT2D eigenvalue weighted by atomic mass is 16.5. The first kappa shape index (κ1) is 30.7. The van der Waals surface area contributed by atoms with Crippen molar-refractivity contribution in [2.75, 3.05) is 106 Å². The number of urea groups is 1. The van der Waals surface area contributed by atoms with E-state index in [1.165, 1.54) is 0 Å². The number of likely N-dealkylation sites (N-methyl/N-ethyl adjacent to an activating group) is 1. The van der Waals surface area contributed by atoms with E-state index in [1.807, 2.05) is 29.2 Å². The zero-order chi connectivity index (χ0) is 31.0. The van der Waals surface area contributed by atoms with Gasteiger partial charge < -0.3 is 40.3 Å². The molecule has 3 N–H and O–H groups in total. The van der Waals surface area contributed by atoms with Crippen molar-refractivity contribution < 1.29 is 14.3 Å². The van der Waals surface area contributed by atoms with E-state index >= 15 is 0 Å². The van der Waals surface area contributed by atoms with Gasteiger partial charge in [0.25, 0.3) is 5.91 Å². The van der Waals surface area contributed by atoms with Crippen LogP contribution in [0.5, 0.6) is 0 Å². The Morgan fingerprint density at radius 1 is 0.756 bits per heavy atom. The molecule has 4 heterocycles. The van der Waals surface area contributed by atoms with Gasteiger partial charge in [-0.25, -0.2) is 4.79 Å². The SMILES string of the molecule is CCN1CCN(C(=O)c2ccc(NC(=O)Nc3ccc(-c4nc(N5CCCNCC5)nc(N5CCOCC5)n4)cc3)cc2)CC1. The van der Waals surface area contributed by atoms with Crippen molar-refractivity contribution >= 4 is 35.2 Å². The molecule has 3 aliphatic rings. The fraction of sp³-hybridized carbons (Fsp3) is 0.469. The van der Waals surface area contributed by atoms with Gasteiger partial charge in [0.05, 0.1) is 13.2 Å². The first-order valence-corrected chi connectivity index (χ1v) is 15.9. The van der Waals surface area contributed by atoms with E-state index in [9.17, 15) is 9.59 Å². The fourth-order valence-corrected chi connectivity index (χ4v) is 5.72. The normalized spacial score (nSPS) is 17.9. The molecular formula is C32H42N10O3. The summed E-state index contributed by atoms with van der Waals surface area (Å²) in [5.74, 6) is 1.95. The average molecular weight is 615 g/mol. The summed E-state index contributed by atoms with van der Waals surface area (Å²) in [5, 5.41) is 9.16. The molecule has 6 rings (SSSR count). The molecule has 238 valence electrons. The van der Waals surface area contributed by atoms with E-state index in [0.29, 0.717) is 47.9 Å². The standard InChI is InChI=1S/C32H42N10O3/c1-2-39-16-18-40(19-17-39)29(43)25-6-10-27(11-7-25)35-32(44)34-26-8-4-24(5-9-26)28-36-30(41-14-3-12-33-13-15-41)38-31(37-28)42-20-22-45-23-21-42/h4-11,33H,2-3,12-23H2,1H3,(H2,34,35,44). The number of hydrogen-bond donors (Lipinski definition) is 3. The summed E-state index contributed by atoms with van der Waals surface area (Å²) < 4.78 is 5.54. The summed E-state index contributed by atoms with van der Waals surface area (Å²) in [6.45, 7) is 12.7. The van der Waals surface area contributed by atoms with Gasteiger partial charge in [-0.1, -0.05) is 6.92 Å². The molecule has 0 spiro atoms. The van der Waals surface area contributed by atoms with Crippen LogP contribution in [0.2, 0.25) is 0 Å². The number of carbonyl (C=O) groups excluding carboxylic acids is 2. The van der Waals surface area contributed by atoms with Gasteiger partial charge in [-0.3, -0.25) is 4.79 Å². The molecule has 0 aliphatic carbocycles. The van der Waals surface area contributed by atoms with Crippen LogP contribution in [0.15, 0.2) is 48.5 Å². The molecule has 3 aromatic rings. The van der Waals surface area contributed by atoms with E-state index in [4.69, 9.17) is 19.7 Å². The number of anilines is 4. The van der Waals surface area contributed by atoms with Crippen LogP contribution in [0.1, 0.15) is 23.7 Å². The van der Waals surface area contributed by atoms with Crippen molar-refractivity contribution in [2.24, 2.45) is 0 Å². The highest BCUT2D eigenvalue weighted by Crippen LogP contribution is 2.24. The van der Waals surface area contributed by atoms with Crippen molar-refractivity contribution in [3.63, 3.8) is 0 Å². The lowest BCUT2D eigenvalue weighted by Crippen LogP contribution is -2.48. The molecule has 0 saturated carbocycles. The number of piperazine rings is 1. The van der Waals surface area contributed by atoms with Crippen molar-refractivity contribution in [1.82, 2.24) is 30.1 Å². The Morgan fingerprint density at radius 2 is 1.38 bits per heavy atom. The van der Waals surface area contributed by atoms with E-state index in [-0.39, 0.29) is 11.9 Å². The number of aromatic nitrogens is 3. The predicted molar refractivity (Wildman–Crippen MR) is 175 cm³/mol. The molecule has 45 heavy (non-hydrogen) atoms. The van der Waals surface area contributed by atoms with Crippen LogP contribution in [0, 0.1) is 0 Å². The molecular weight excluding hydrogens is 572 g/mol. The second-order valence-electron chi connectivity index (χ2n) is 11.4. The van der Waals surface area contributed by atoms with Gasteiger partial charge >= 0.3 is 6.03 Å². The Bertz CT molecular complexity index is 1430. The zero-order valence-electron chi connectivity index (χ0n) is 25.9. The molecule has 2 aromatic carbocycles. The highest BCUT2D eigenvalue weighted by Gasteiger charge is 2.22. The van der Waals surface area contributed by atoms with Gasteiger partial charge in [0.2, 0.25) is 11.9 Å². The maximum absolute atomic E-state index is 12.9. The maximum Gasteiger partial charge on any atom is 0.323 e. The number of benzene rings is 2. The Morgan fingerprint density at radius 3 is 2.02 bits per heavy atom. The molecule has 3 saturated heterocycles. The summed E-state index contributed by atoms with van der Waals surface area (Å²) in [4.78, 5) is 48.8. The van der Waals surface area contributed by atoms with Crippen LogP contribution in [-0.2, 0) is 4.74 Å². The summed E-state index contributed by atoms with van der Waals surface area (Å²) in [5.41, 5.74) is 2.69. The third-order valence-electron chi connectivity index (χ3n) is 8.43. The van der Waals surface area contributed by atoms with E-state index < -0.39 is 0 Å². The first-order chi connectivity index (χ1) is 22.1. The summed E-state index contributed by atoms with van der Waals surface area (Å²) in [6, 6.07) is 14.1. The van der Waals surface area contributed by atoms with Crippen LogP contribution in [-0.4, -0.2) is 122 Å². The molecule has 0 bridgehead atoms. The molecule has 0 radical (unpaired) electrons. The molecule has 0 atom stereocenters. The van der Waals surface area contributed by atoms with Crippen molar-refractivity contribution in [1.29, 1.82) is 0 Å². The minimum Gasteiger partial charge on any atom is -0.378 e. The lowest BCUT2D eigenvalue weighted by atomic mass is 10.1. The maximum atomic E-state index is 12.9. The number of nitrogens with zero attached hydrogens (tertiary/aromatic N) is 7. The number of rotatable bonds is 7. The molecule has 3 aliphatic heterocycles. The van der Waals surface area contributed by atoms with Crippen LogP contribution in [0.3, 0.4) is 0 Å². The Kier molecular flexibility index (Phi) is 9.98. The number of nitrogens with one attached hydrogen (secondary N) is 3. The highest BCUT2D eigenvalue weighted by molar-refractivity contribution is 6.00. The van der Waals surface area contributed by atoms with Gasteiger partial charge in [-0.05, 0) is 68.0 Å². The predicted octanol–water partition coefficient (Wildman–Crippen LogP) is 2.60. The number of amides is 3. The molecule has 3 amide bonds. The summed E-state index contributed by atoms with van der Waals surface area (Å²) in [6.07, 6.45) is 1.02. The number of morpholine rings is 1. The summed E-state index contributed by atoms with van der Waals surface area (Å²) >= 11 is 0. The number of carbonyl (C=O) groups is 2. The summed E-state index contributed by atoms with van der Waals surface area (Å²) in [7, 11) is 0. The van der Waals surface area contributed by atoms with Gasteiger partial charge in [0.15, 0.2) is 5.82 Å². The molecule has 0 unspecified atom stereocenters. The smallest absolute Gasteiger partial charge is 0.323 e. The molecule has 1 aromatic heterocycles. The van der Waals surface area contributed by atoms with Crippen LogP contribution in [0.4, 0.5) is 28.1 Å². The second-order valence-corrected chi connectivity index (χ2v) is 11.4. The third kappa shape index (κ3) is 7.85. The van der Waals surface area contributed by atoms with E-state index in [2.05, 4.69) is 37.6 Å². The van der Waals surface area contributed by atoms with Crippen molar-refractivity contribution in [3.8, 4) is 11.4 Å². The van der Waals surface area contributed by atoms with Crippen molar-refractivity contribution in [2.45, 2.75) is 13.3 Å². The Balaban J connectivity index is 1.09. The molecule has 3 fully saturated rings. The van der Waals surface area contributed by atoms with Gasteiger partial charge in [-0.15, -0.1) is 0 Å².